The molecule has 88 valence electrons. The van der Waals surface area contributed by atoms with Crippen LogP contribution >= 0.6 is 0 Å². The number of nitrogens with one attached hydrogen (secondary N) is 3. The Morgan fingerprint density at radius 1 is 1.62 bits per heavy atom. The number of hydrogen-bond acceptors (Lipinski definition) is 3. The van der Waals surface area contributed by atoms with Crippen LogP contribution in [-0.2, 0) is 4.79 Å². The van der Waals surface area contributed by atoms with Crippen LogP contribution < -0.4 is 10.6 Å². The Morgan fingerprint density at radius 2 is 2.56 bits per heavy atom. The summed E-state index contributed by atoms with van der Waals surface area (Å²) in [6.07, 6.45) is 7.32. The molecule has 0 spiro atoms. The van der Waals surface area contributed by atoms with Gasteiger partial charge in [-0.25, -0.2) is 4.98 Å². The van der Waals surface area contributed by atoms with Gasteiger partial charge in [-0.15, -0.1) is 0 Å². The summed E-state index contributed by atoms with van der Waals surface area (Å²) < 4.78 is 0. The van der Waals surface area contributed by atoms with Gasteiger partial charge in [0.05, 0.1) is 0 Å². The maximum absolute atomic E-state index is 11.6. The summed E-state index contributed by atoms with van der Waals surface area (Å²) in [4.78, 5) is 18.4. The minimum atomic E-state index is 0.0422. The minimum Gasteiger partial charge on any atom is -0.331 e. The first-order valence-electron chi connectivity index (χ1n) is 5.84. The van der Waals surface area contributed by atoms with Crippen molar-refractivity contribution in [3.63, 3.8) is 0 Å². The second kappa shape index (κ2) is 5.65. The third kappa shape index (κ3) is 3.34. The lowest BCUT2D eigenvalue weighted by atomic mass is 9.94. The van der Waals surface area contributed by atoms with E-state index in [2.05, 4.69) is 20.6 Å². The van der Waals surface area contributed by atoms with Gasteiger partial charge >= 0.3 is 0 Å². The molecule has 1 atom stereocenters. The van der Waals surface area contributed by atoms with Gasteiger partial charge in [-0.2, -0.15) is 0 Å². The molecule has 1 saturated heterocycles. The molecule has 2 rings (SSSR count). The minimum absolute atomic E-state index is 0.0422. The molecule has 3 N–H and O–H groups in total. The van der Waals surface area contributed by atoms with Crippen LogP contribution in [0.5, 0.6) is 0 Å². The van der Waals surface area contributed by atoms with E-state index < -0.39 is 0 Å². The van der Waals surface area contributed by atoms with Crippen molar-refractivity contribution >= 4 is 11.9 Å². The van der Waals surface area contributed by atoms with Gasteiger partial charge < -0.3 is 10.3 Å². The molecule has 1 unspecified atom stereocenters. The lowest BCUT2D eigenvalue weighted by Crippen LogP contribution is -2.30. The van der Waals surface area contributed by atoms with Gasteiger partial charge in [0.15, 0.2) is 0 Å². The molecule has 1 aliphatic rings. The van der Waals surface area contributed by atoms with Gasteiger partial charge in [-0.05, 0) is 38.3 Å². The molecule has 5 nitrogen and oxygen atoms in total. The van der Waals surface area contributed by atoms with Crippen LogP contribution in [-0.4, -0.2) is 29.0 Å². The number of carbonyl (C=O) groups is 1. The molecule has 1 aliphatic heterocycles. The first kappa shape index (κ1) is 11.1. The molecule has 0 radical (unpaired) electrons. The van der Waals surface area contributed by atoms with E-state index in [-0.39, 0.29) is 5.91 Å². The van der Waals surface area contributed by atoms with E-state index in [0.29, 0.717) is 18.3 Å². The summed E-state index contributed by atoms with van der Waals surface area (Å²) in [5, 5.41) is 6.09. The fourth-order valence-corrected chi connectivity index (χ4v) is 2.03. The average molecular weight is 222 g/mol. The summed E-state index contributed by atoms with van der Waals surface area (Å²) in [5.41, 5.74) is 0. The maximum atomic E-state index is 11.6. The topological polar surface area (TPSA) is 69.8 Å². The van der Waals surface area contributed by atoms with E-state index in [9.17, 15) is 4.79 Å². The normalized spacial score (nSPS) is 20.6. The van der Waals surface area contributed by atoms with Crippen LogP contribution in [0.1, 0.15) is 25.7 Å². The Balaban J connectivity index is 1.67. The van der Waals surface area contributed by atoms with Gasteiger partial charge in [-0.1, -0.05) is 0 Å². The van der Waals surface area contributed by atoms with Gasteiger partial charge in [0.1, 0.15) is 0 Å². The second-order valence-corrected chi connectivity index (χ2v) is 4.24. The van der Waals surface area contributed by atoms with Crippen LogP contribution in [0, 0.1) is 5.92 Å². The highest BCUT2D eigenvalue weighted by molar-refractivity contribution is 5.88. The molecule has 0 bridgehead atoms. The number of H-pyrrole nitrogens is 1. The third-order valence-corrected chi connectivity index (χ3v) is 2.93. The highest BCUT2D eigenvalue weighted by Crippen LogP contribution is 2.16. The molecule has 5 heteroatoms. The first-order valence-corrected chi connectivity index (χ1v) is 5.84. The number of carbonyl (C=O) groups excluding carboxylic acids is 1. The highest BCUT2D eigenvalue weighted by atomic mass is 16.1. The first-order chi connectivity index (χ1) is 7.84. The van der Waals surface area contributed by atoms with E-state index in [1.807, 2.05) is 0 Å². The van der Waals surface area contributed by atoms with E-state index >= 15 is 0 Å². The standard InChI is InChI=1S/C11H18N4O/c16-10(15-11-13-6-7-14-11)4-3-9-2-1-5-12-8-9/h6-7,9,12H,1-5,8H2,(H2,13,14,15,16). The summed E-state index contributed by atoms with van der Waals surface area (Å²) >= 11 is 0. The Kier molecular flexibility index (Phi) is 3.93. The van der Waals surface area contributed by atoms with Crippen LogP contribution in [0.2, 0.25) is 0 Å². The maximum Gasteiger partial charge on any atom is 0.226 e. The van der Waals surface area contributed by atoms with E-state index in [1.54, 1.807) is 12.4 Å². The monoisotopic (exact) mass is 222 g/mol. The van der Waals surface area contributed by atoms with Crippen molar-refractivity contribution in [2.24, 2.45) is 5.92 Å². The summed E-state index contributed by atoms with van der Waals surface area (Å²) in [5.74, 6) is 1.23. The molecule has 1 fully saturated rings. The number of rotatable bonds is 4. The van der Waals surface area contributed by atoms with Gasteiger partial charge in [0, 0.05) is 18.8 Å². The zero-order valence-electron chi connectivity index (χ0n) is 9.33. The fraction of sp³-hybridized carbons (Fsp3) is 0.636. The molecule has 0 saturated carbocycles. The zero-order valence-corrected chi connectivity index (χ0v) is 9.33. The number of imidazole rings is 1. The van der Waals surface area contributed by atoms with Crippen LogP contribution in [0.4, 0.5) is 5.95 Å². The van der Waals surface area contributed by atoms with E-state index in [4.69, 9.17) is 0 Å². The number of piperidine rings is 1. The van der Waals surface area contributed by atoms with E-state index in [0.717, 1.165) is 19.5 Å². The van der Waals surface area contributed by atoms with Crippen LogP contribution in [0.3, 0.4) is 0 Å². The number of hydrogen-bond donors (Lipinski definition) is 3. The Hall–Kier alpha value is -1.36. The lowest BCUT2D eigenvalue weighted by molar-refractivity contribution is -0.116. The summed E-state index contributed by atoms with van der Waals surface area (Å²) in [6.45, 7) is 2.17. The van der Waals surface area contributed by atoms with Crippen molar-refractivity contribution < 1.29 is 4.79 Å². The van der Waals surface area contributed by atoms with Crippen molar-refractivity contribution in [3.8, 4) is 0 Å². The largest absolute Gasteiger partial charge is 0.331 e. The predicted octanol–water partition coefficient (Wildman–Crippen LogP) is 1.13. The van der Waals surface area contributed by atoms with Crippen molar-refractivity contribution in [2.75, 3.05) is 18.4 Å². The molecule has 1 amide bonds. The van der Waals surface area contributed by atoms with Crippen LogP contribution in [0.15, 0.2) is 12.4 Å². The second-order valence-electron chi connectivity index (χ2n) is 4.24. The summed E-state index contributed by atoms with van der Waals surface area (Å²) in [6, 6.07) is 0. The Labute approximate surface area is 95.0 Å². The van der Waals surface area contributed by atoms with Crippen molar-refractivity contribution in [1.29, 1.82) is 0 Å². The molecule has 2 heterocycles. The van der Waals surface area contributed by atoms with Gasteiger partial charge in [0.25, 0.3) is 0 Å². The molecular formula is C11H18N4O. The van der Waals surface area contributed by atoms with Gasteiger partial charge in [0.2, 0.25) is 11.9 Å². The smallest absolute Gasteiger partial charge is 0.226 e. The molecular weight excluding hydrogens is 204 g/mol. The molecule has 0 aliphatic carbocycles. The number of nitrogens with zero attached hydrogens (tertiary/aromatic N) is 1. The Morgan fingerprint density at radius 3 is 3.25 bits per heavy atom. The van der Waals surface area contributed by atoms with Crippen molar-refractivity contribution in [3.05, 3.63) is 12.4 Å². The number of aromatic nitrogens is 2. The molecule has 1 aromatic rings. The average Bonchev–Trinajstić information content (AvgIpc) is 2.81. The Bertz CT molecular complexity index is 317. The lowest BCUT2D eigenvalue weighted by Gasteiger charge is -2.22. The quantitative estimate of drug-likeness (QED) is 0.715. The number of aromatic amines is 1. The zero-order chi connectivity index (χ0) is 11.2. The van der Waals surface area contributed by atoms with Crippen molar-refractivity contribution in [2.45, 2.75) is 25.7 Å². The SMILES string of the molecule is O=C(CCC1CCCNC1)Nc1ncc[nH]1. The number of anilines is 1. The fourth-order valence-electron chi connectivity index (χ4n) is 2.03. The molecule has 16 heavy (non-hydrogen) atoms. The van der Waals surface area contributed by atoms with E-state index in [1.165, 1.54) is 12.8 Å². The number of amides is 1. The van der Waals surface area contributed by atoms with Gasteiger partial charge in [-0.3, -0.25) is 10.1 Å². The predicted molar refractivity (Wildman–Crippen MR) is 62.0 cm³/mol. The van der Waals surface area contributed by atoms with Crippen molar-refractivity contribution in [1.82, 2.24) is 15.3 Å². The molecule has 0 aromatic carbocycles. The third-order valence-electron chi connectivity index (χ3n) is 2.93. The highest BCUT2D eigenvalue weighted by Gasteiger charge is 2.14. The summed E-state index contributed by atoms with van der Waals surface area (Å²) in [7, 11) is 0. The van der Waals surface area contributed by atoms with Crippen LogP contribution in [0.25, 0.3) is 0 Å². The molecule has 1 aromatic heterocycles.